The molecule has 0 aliphatic carbocycles. The highest BCUT2D eigenvalue weighted by atomic mass is 35.5. The maximum Gasteiger partial charge on any atom is 0.341 e. The van der Waals surface area contributed by atoms with Gasteiger partial charge in [0.1, 0.15) is 6.54 Å². The van der Waals surface area contributed by atoms with Gasteiger partial charge in [-0.05, 0) is 67.6 Å². The highest BCUT2D eigenvalue weighted by molar-refractivity contribution is 8.18. The quantitative estimate of drug-likeness (QED) is 0.303. The maximum atomic E-state index is 12.9. The molecule has 0 atom stereocenters. The van der Waals surface area contributed by atoms with Crippen LogP contribution < -0.4 is 14.8 Å². The number of esters is 1. The minimum Gasteiger partial charge on any atom is -0.490 e. The van der Waals surface area contributed by atoms with Gasteiger partial charge in [0.2, 0.25) is 5.91 Å². The van der Waals surface area contributed by atoms with Crippen molar-refractivity contribution in [1.29, 1.82) is 0 Å². The first-order valence-corrected chi connectivity index (χ1v) is 12.5. The number of rotatable bonds is 11. The number of benzene rings is 2. The standard InChI is InChI=1S/C25H23ClN2O9S/c1-3-35-19-9-14(5-8-18(19)37-13-22(30)31)10-20-23(32)28(25(34)38-20)12-21(29)27-15-6-7-17(26)16(11-15)24(33)36-4-2/h5-11H,3-4,12-13H2,1-2H3,(H,27,29)(H,30,31)/b20-10+. The molecule has 13 heteroatoms. The summed E-state index contributed by atoms with van der Waals surface area (Å²) in [5.74, 6) is -2.65. The molecule has 1 aliphatic rings. The van der Waals surface area contributed by atoms with Gasteiger partial charge in [0.25, 0.3) is 11.1 Å². The van der Waals surface area contributed by atoms with Crippen LogP contribution in [0.3, 0.4) is 0 Å². The number of ether oxygens (including phenoxy) is 3. The number of anilines is 1. The van der Waals surface area contributed by atoms with Crippen molar-refractivity contribution in [2.45, 2.75) is 13.8 Å². The summed E-state index contributed by atoms with van der Waals surface area (Å²) in [6.45, 7) is 2.71. The van der Waals surface area contributed by atoms with Crippen LogP contribution in [0.4, 0.5) is 10.5 Å². The van der Waals surface area contributed by atoms with Crippen LogP contribution in [-0.4, -0.2) is 65.4 Å². The smallest absolute Gasteiger partial charge is 0.341 e. The van der Waals surface area contributed by atoms with E-state index < -0.39 is 42.1 Å². The first kappa shape index (κ1) is 28.5. The van der Waals surface area contributed by atoms with Crippen molar-refractivity contribution in [2.75, 3.05) is 31.7 Å². The maximum absolute atomic E-state index is 12.9. The molecular weight excluding hydrogens is 540 g/mol. The molecule has 0 spiro atoms. The average Bonchev–Trinajstić information content (AvgIpc) is 3.12. The van der Waals surface area contributed by atoms with Gasteiger partial charge < -0.3 is 24.6 Å². The summed E-state index contributed by atoms with van der Waals surface area (Å²) < 4.78 is 15.6. The van der Waals surface area contributed by atoms with Crippen molar-refractivity contribution in [2.24, 2.45) is 0 Å². The lowest BCUT2D eigenvalue weighted by Crippen LogP contribution is -2.36. The van der Waals surface area contributed by atoms with Crippen LogP contribution in [0.2, 0.25) is 5.02 Å². The molecule has 1 heterocycles. The predicted octanol–water partition coefficient (Wildman–Crippen LogP) is 4.05. The Bertz CT molecular complexity index is 1310. The predicted molar refractivity (Wildman–Crippen MR) is 139 cm³/mol. The summed E-state index contributed by atoms with van der Waals surface area (Å²) in [6.07, 6.45) is 1.46. The third-order valence-corrected chi connectivity index (χ3v) is 6.07. The van der Waals surface area contributed by atoms with Gasteiger partial charge in [-0.1, -0.05) is 17.7 Å². The second-order valence-electron chi connectivity index (χ2n) is 7.55. The number of nitrogens with zero attached hydrogens (tertiary/aromatic N) is 1. The summed E-state index contributed by atoms with van der Waals surface area (Å²) in [5.41, 5.74) is 0.795. The van der Waals surface area contributed by atoms with Crippen molar-refractivity contribution in [3.63, 3.8) is 0 Å². The van der Waals surface area contributed by atoms with Crippen LogP contribution in [0.15, 0.2) is 41.3 Å². The van der Waals surface area contributed by atoms with E-state index in [-0.39, 0.29) is 45.9 Å². The number of carboxylic acid groups (broad SMARTS) is 1. The minimum atomic E-state index is -1.15. The normalized spacial score (nSPS) is 14.0. The average molecular weight is 563 g/mol. The van der Waals surface area contributed by atoms with Crippen LogP contribution in [-0.2, 0) is 19.1 Å². The Morgan fingerprint density at radius 3 is 2.50 bits per heavy atom. The van der Waals surface area contributed by atoms with E-state index in [1.165, 1.54) is 30.3 Å². The Morgan fingerprint density at radius 1 is 1.05 bits per heavy atom. The summed E-state index contributed by atoms with van der Waals surface area (Å²) in [7, 11) is 0. The summed E-state index contributed by atoms with van der Waals surface area (Å²) in [4.78, 5) is 61.6. The number of thioether (sulfide) groups is 1. The fourth-order valence-corrected chi connectivity index (χ4v) is 4.27. The van der Waals surface area contributed by atoms with Crippen LogP contribution >= 0.6 is 23.4 Å². The SMILES string of the molecule is CCOC(=O)c1cc(NC(=O)CN2C(=O)S/C(=C/c3ccc(OCC(=O)O)c(OCC)c3)C2=O)ccc1Cl. The number of aliphatic carboxylic acids is 1. The van der Waals surface area contributed by atoms with Gasteiger partial charge in [-0.2, -0.15) is 0 Å². The third-order valence-electron chi connectivity index (χ3n) is 4.84. The van der Waals surface area contributed by atoms with Crippen LogP contribution in [0.1, 0.15) is 29.8 Å². The number of carboxylic acids is 1. The topological polar surface area (TPSA) is 149 Å². The summed E-state index contributed by atoms with van der Waals surface area (Å²) >= 11 is 6.69. The van der Waals surface area contributed by atoms with Gasteiger partial charge in [0.15, 0.2) is 18.1 Å². The summed E-state index contributed by atoms with van der Waals surface area (Å²) in [6, 6.07) is 8.84. The van der Waals surface area contributed by atoms with Crippen molar-refractivity contribution < 1.29 is 43.3 Å². The lowest BCUT2D eigenvalue weighted by Gasteiger charge is -2.13. The number of hydrogen-bond donors (Lipinski definition) is 2. The van der Waals surface area contributed by atoms with E-state index in [0.29, 0.717) is 17.3 Å². The first-order chi connectivity index (χ1) is 18.1. The molecule has 2 aromatic carbocycles. The van der Waals surface area contributed by atoms with E-state index in [2.05, 4.69) is 5.32 Å². The Kier molecular flexibility index (Phi) is 9.74. The first-order valence-electron chi connectivity index (χ1n) is 11.3. The zero-order chi connectivity index (χ0) is 27.8. The molecule has 200 valence electrons. The van der Waals surface area contributed by atoms with Gasteiger partial charge in [0.05, 0.1) is 28.7 Å². The largest absolute Gasteiger partial charge is 0.490 e. The van der Waals surface area contributed by atoms with Crippen LogP contribution in [0.25, 0.3) is 6.08 Å². The van der Waals surface area contributed by atoms with Gasteiger partial charge in [-0.25, -0.2) is 9.59 Å². The second-order valence-corrected chi connectivity index (χ2v) is 8.95. The van der Waals surface area contributed by atoms with Gasteiger partial charge in [-0.3, -0.25) is 19.3 Å². The number of imide groups is 1. The lowest BCUT2D eigenvalue weighted by molar-refractivity contribution is -0.139. The Labute approximate surface area is 226 Å². The fraction of sp³-hybridized carbons (Fsp3) is 0.240. The monoisotopic (exact) mass is 562 g/mol. The van der Waals surface area contributed by atoms with Crippen LogP contribution in [0, 0.1) is 0 Å². The van der Waals surface area contributed by atoms with Gasteiger partial charge >= 0.3 is 11.9 Å². The Hall–Kier alpha value is -4.03. The van der Waals surface area contributed by atoms with Crippen LogP contribution in [0.5, 0.6) is 11.5 Å². The number of amides is 3. The molecule has 11 nitrogen and oxygen atoms in total. The highest BCUT2D eigenvalue weighted by Crippen LogP contribution is 2.34. The van der Waals surface area contributed by atoms with Crippen molar-refractivity contribution in [3.8, 4) is 11.5 Å². The molecule has 2 aromatic rings. The van der Waals surface area contributed by atoms with E-state index in [0.717, 1.165) is 4.90 Å². The Morgan fingerprint density at radius 2 is 1.82 bits per heavy atom. The van der Waals surface area contributed by atoms with Crippen molar-refractivity contribution in [3.05, 3.63) is 57.5 Å². The molecule has 2 N–H and O–H groups in total. The number of carbonyl (C=O) groups is 5. The zero-order valence-electron chi connectivity index (χ0n) is 20.3. The van der Waals surface area contributed by atoms with E-state index in [4.69, 9.17) is 30.9 Å². The van der Waals surface area contributed by atoms with E-state index in [1.807, 2.05) is 0 Å². The number of nitrogens with one attached hydrogen (secondary N) is 1. The zero-order valence-corrected chi connectivity index (χ0v) is 21.9. The van der Waals surface area contributed by atoms with E-state index >= 15 is 0 Å². The lowest BCUT2D eigenvalue weighted by atomic mass is 10.2. The van der Waals surface area contributed by atoms with Crippen molar-refractivity contribution >= 4 is 64.1 Å². The molecule has 0 saturated carbocycles. The second kappa shape index (κ2) is 13.0. The van der Waals surface area contributed by atoms with E-state index in [1.54, 1.807) is 26.0 Å². The van der Waals surface area contributed by atoms with Gasteiger partial charge in [0, 0.05) is 5.69 Å². The molecule has 0 radical (unpaired) electrons. The van der Waals surface area contributed by atoms with E-state index in [9.17, 15) is 24.0 Å². The molecule has 38 heavy (non-hydrogen) atoms. The molecule has 1 aliphatic heterocycles. The molecule has 0 unspecified atom stereocenters. The molecule has 3 amide bonds. The molecule has 3 rings (SSSR count). The Balaban J connectivity index is 1.71. The molecular formula is C25H23ClN2O9S. The molecule has 1 fully saturated rings. The molecule has 0 bridgehead atoms. The number of hydrogen-bond acceptors (Lipinski definition) is 9. The summed E-state index contributed by atoms with van der Waals surface area (Å²) in [5, 5.41) is 10.9. The number of carbonyl (C=O) groups excluding carboxylic acids is 4. The number of halogens is 1. The third kappa shape index (κ3) is 7.26. The van der Waals surface area contributed by atoms with Crippen molar-refractivity contribution in [1.82, 2.24) is 4.90 Å². The van der Waals surface area contributed by atoms with Gasteiger partial charge in [-0.15, -0.1) is 0 Å². The minimum absolute atomic E-state index is 0.0613. The fourth-order valence-electron chi connectivity index (χ4n) is 3.24. The molecule has 1 saturated heterocycles. The highest BCUT2D eigenvalue weighted by Gasteiger charge is 2.36. The molecule has 0 aromatic heterocycles.